The van der Waals surface area contributed by atoms with Crippen molar-refractivity contribution in [2.24, 2.45) is 0 Å². The van der Waals surface area contributed by atoms with E-state index in [-0.39, 0.29) is 6.04 Å². The minimum Gasteiger partial charge on any atom is -0.502 e. The Morgan fingerprint density at radius 3 is 2.79 bits per heavy atom. The van der Waals surface area contributed by atoms with Crippen LogP contribution in [0.25, 0.3) is 11.1 Å². The number of methoxy groups -OCH3 is 1. The van der Waals surface area contributed by atoms with Gasteiger partial charge in [-0.1, -0.05) is 24.3 Å². The summed E-state index contributed by atoms with van der Waals surface area (Å²) in [5.74, 6) is -0.0192. The van der Waals surface area contributed by atoms with Crippen molar-refractivity contribution in [1.29, 1.82) is 0 Å². The number of aromatic nitrogens is 1. The molecule has 0 aliphatic heterocycles. The van der Waals surface area contributed by atoms with Gasteiger partial charge in [-0.2, -0.15) is 0 Å². The number of hydrogen-bond donors (Lipinski definition) is 1. The Morgan fingerprint density at radius 2 is 2.12 bits per heavy atom. The topological polar surface area (TPSA) is 51.5 Å². The first-order chi connectivity index (χ1) is 11.5. The highest BCUT2D eigenvalue weighted by Crippen LogP contribution is 2.25. The van der Waals surface area contributed by atoms with Gasteiger partial charge in [0.2, 0.25) is 0 Å². The van der Waals surface area contributed by atoms with Gasteiger partial charge in [0.15, 0.2) is 0 Å². The molecule has 0 spiro atoms. The number of rotatable bonds is 7. The molecule has 0 aliphatic rings. The van der Waals surface area contributed by atoms with Crippen molar-refractivity contribution < 1.29 is 14.6 Å². The van der Waals surface area contributed by atoms with E-state index in [4.69, 9.17) is 9.84 Å². The minimum atomic E-state index is -0.914. The van der Waals surface area contributed by atoms with Crippen molar-refractivity contribution in [2.75, 3.05) is 7.11 Å². The lowest BCUT2D eigenvalue weighted by Crippen LogP contribution is -2.03. The molecule has 1 unspecified atom stereocenters. The van der Waals surface area contributed by atoms with E-state index in [1.807, 2.05) is 44.4 Å². The summed E-state index contributed by atoms with van der Waals surface area (Å²) < 4.78 is 7.32. The molecule has 0 aliphatic carbocycles. The highest BCUT2D eigenvalue weighted by atomic mass is 16.5. The summed E-state index contributed by atoms with van der Waals surface area (Å²) >= 11 is 0. The van der Waals surface area contributed by atoms with Crippen LogP contribution in [0.1, 0.15) is 36.7 Å². The van der Waals surface area contributed by atoms with Crippen molar-refractivity contribution in [3.63, 3.8) is 0 Å². The Balaban J connectivity index is 2.27. The van der Waals surface area contributed by atoms with E-state index in [9.17, 15) is 4.79 Å². The van der Waals surface area contributed by atoms with E-state index in [1.165, 1.54) is 0 Å². The molecular formula is C20H23NO3. The maximum atomic E-state index is 11.1. The van der Waals surface area contributed by atoms with Crippen LogP contribution in [0, 0.1) is 0 Å². The average molecular weight is 325 g/mol. The number of carboxylic acid groups (broad SMARTS) is 1. The molecule has 1 atom stereocenters. The standard InChI is InChI=1S/C20H23NO3/c1-4-6-19(10-9-15(2)24-3)21-12-11-18(14-21)16-7-5-8-17(13-16)20(22)23/h4-9,11-14,19H,10H2,1-3H3,(H,22,23)/b6-4-,15-9+. The number of ether oxygens (including phenoxy) is 1. The Morgan fingerprint density at radius 1 is 1.33 bits per heavy atom. The highest BCUT2D eigenvalue weighted by molar-refractivity contribution is 5.89. The molecule has 4 nitrogen and oxygen atoms in total. The largest absolute Gasteiger partial charge is 0.502 e. The predicted octanol–water partition coefficient (Wildman–Crippen LogP) is 4.91. The van der Waals surface area contributed by atoms with Gasteiger partial charge in [-0.15, -0.1) is 0 Å². The third-order valence-corrected chi connectivity index (χ3v) is 3.92. The summed E-state index contributed by atoms with van der Waals surface area (Å²) in [6.07, 6.45) is 11.1. The minimum absolute atomic E-state index is 0.191. The van der Waals surface area contributed by atoms with Crippen molar-refractivity contribution in [3.8, 4) is 11.1 Å². The quantitative estimate of drug-likeness (QED) is 0.581. The van der Waals surface area contributed by atoms with Gasteiger partial charge in [-0.3, -0.25) is 0 Å². The van der Waals surface area contributed by atoms with Crippen LogP contribution < -0.4 is 0 Å². The predicted molar refractivity (Wildman–Crippen MR) is 96.1 cm³/mol. The van der Waals surface area contributed by atoms with Crippen molar-refractivity contribution >= 4 is 5.97 Å². The van der Waals surface area contributed by atoms with Gasteiger partial charge in [0.05, 0.1) is 24.5 Å². The van der Waals surface area contributed by atoms with Gasteiger partial charge in [-0.05, 0) is 55.7 Å². The van der Waals surface area contributed by atoms with Crippen molar-refractivity contribution in [3.05, 3.63) is 72.3 Å². The second kappa shape index (κ2) is 8.20. The normalized spacial score (nSPS) is 13.2. The van der Waals surface area contributed by atoms with E-state index in [2.05, 4.69) is 16.7 Å². The number of nitrogens with zero attached hydrogens (tertiary/aromatic N) is 1. The maximum absolute atomic E-state index is 11.1. The van der Waals surface area contributed by atoms with Crippen LogP contribution in [0.5, 0.6) is 0 Å². The van der Waals surface area contributed by atoms with E-state index in [0.29, 0.717) is 5.56 Å². The number of benzene rings is 1. The van der Waals surface area contributed by atoms with Crippen LogP contribution >= 0.6 is 0 Å². The molecule has 2 aromatic rings. The summed E-state index contributed by atoms with van der Waals surface area (Å²) in [7, 11) is 1.67. The van der Waals surface area contributed by atoms with Crippen molar-refractivity contribution in [2.45, 2.75) is 26.3 Å². The van der Waals surface area contributed by atoms with Gasteiger partial charge in [0.1, 0.15) is 0 Å². The zero-order chi connectivity index (χ0) is 17.5. The third-order valence-electron chi connectivity index (χ3n) is 3.92. The molecular weight excluding hydrogens is 302 g/mol. The Kier molecular flexibility index (Phi) is 6.01. The molecule has 1 heterocycles. The number of carbonyl (C=O) groups is 1. The molecule has 4 heteroatoms. The highest BCUT2D eigenvalue weighted by Gasteiger charge is 2.09. The van der Waals surface area contributed by atoms with Gasteiger partial charge in [0, 0.05) is 12.4 Å². The smallest absolute Gasteiger partial charge is 0.335 e. The molecule has 0 saturated carbocycles. The molecule has 24 heavy (non-hydrogen) atoms. The van der Waals surface area contributed by atoms with E-state index >= 15 is 0 Å². The molecule has 1 aromatic heterocycles. The first kappa shape index (κ1) is 17.6. The summed E-state index contributed by atoms with van der Waals surface area (Å²) in [5, 5.41) is 9.13. The lowest BCUT2D eigenvalue weighted by atomic mass is 10.1. The van der Waals surface area contributed by atoms with Crippen LogP contribution in [0.2, 0.25) is 0 Å². The summed E-state index contributed by atoms with van der Waals surface area (Å²) in [6.45, 7) is 3.94. The molecule has 1 aromatic carbocycles. The zero-order valence-corrected chi connectivity index (χ0v) is 14.3. The summed E-state index contributed by atoms with van der Waals surface area (Å²) in [6, 6.07) is 9.18. The Hall–Kier alpha value is -2.75. The summed E-state index contributed by atoms with van der Waals surface area (Å²) in [4.78, 5) is 11.1. The molecule has 126 valence electrons. The van der Waals surface area contributed by atoms with Gasteiger partial charge in [0.25, 0.3) is 0 Å². The molecule has 0 bridgehead atoms. The number of hydrogen-bond acceptors (Lipinski definition) is 2. The van der Waals surface area contributed by atoms with E-state index < -0.39 is 5.97 Å². The number of carboxylic acids is 1. The zero-order valence-electron chi connectivity index (χ0n) is 14.3. The Labute approximate surface area is 142 Å². The summed E-state index contributed by atoms with van der Waals surface area (Å²) in [5.41, 5.74) is 2.19. The van der Waals surface area contributed by atoms with Gasteiger partial charge < -0.3 is 14.4 Å². The number of allylic oxidation sites excluding steroid dienone is 4. The van der Waals surface area contributed by atoms with Crippen LogP contribution in [0.15, 0.2) is 66.7 Å². The second-order valence-corrected chi connectivity index (χ2v) is 5.58. The van der Waals surface area contributed by atoms with Crippen molar-refractivity contribution in [1.82, 2.24) is 4.57 Å². The molecule has 0 fully saturated rings. The first-order valence-corrected chi connectivity index (χ1v) is 7.90. The van der Waals surface area contributed by atoms with E-state index in [0.717, 1.165) is 23.3 Å². The molecule has 0 radical (unpaired) electrons. The van der Waals surface area contributed by atoms with Crippen LogP contribution in [-0.4, -0.2) is 22.8 Å². The molecule has 0 amide bonds. The Bertz CT molecular complexity index is 756. The van der Waals surface area contributed by atoms with Crippen LogP contribution in [-0.2, 0) is 4.74 Å². The third kappa shape index (κ3) is 4.38. The first-order valence-electron chi connectivity index (χ1n) is 7.90. The van der Waals surface area contributed by atoms with Gasteiger partial charge >= 0.3 is 5.97 Å². The molecule has 1 N–H and O–H groups in total. The lowest BCUT2D eigenvalue weighted by molar-refractivity contribution is 0.0697. The van der Waals surface area contributed by atoms with Gasteiger partial charge in [-0.25, -0.2) is 4.79 Å². The molecule has 0 saturated heterocycles. The average Bonchev–Trinajstić information content (AvgIpc) is 3.08. The monoisotopic (exact) mass is 325 g/mol. The van der Waals surface area contributed by atoms with Crippen LogP contribution in [0.4, 0.5) is 0 Å². The second-order valence-electron chi connectivity index (χ2n) is 5.58. The number of aromatic carboxylic acids is 1. The maximum Gasteiger partial charge on any atom is 0.335 e. The fraction of sp³-hybridized carbons (Fsp3) is 0.250. The van der Waals surface area contributed by atoms with E-state index in [1.54, 1.807) is 25.3 Å². The fourth-order valence-corrected chi connectivity index (χ4v) is 2.51. The lowest BCUT2D eigenvalue weighted by Gasteiger charge is -2.13. The SMILES string of the molecule is C/C=C\C(C/C=C(\C)OC)n1ccc(-c2cccc(C(=O)O)c2)c1. The molecule has 2 rings (SSSR count). The van der Waals surface area contributed by atoms with Crippen LogP contribution in [0.3, 0.4) is 0 Å². The fourth-order valence-electron chi connectivity index (χ4n) is 2.51.